The molecular formula is C16H19NO. The van der Waals surface area contributed by atoms with Gasteiger partial charge in [0.1, 0.15) is 0 Å². The minimum absolute atomic E-state index is 0.272. The number of ketones is 1. The molecule has 0 bridgehead atoms. The number of hydrogen-bond acceptors (Lipinski definition) is 2. The number of fused-ring (bicyclic) bond motifs is 1. The van der Waals surface area contributed by atoms with Gasteiger partial charge in [0.05, 0.1) is 5.54 Å². The summed E-state index contributed by atoms with van der Waals surface area (Å²) in [6.45, 7) is 3.13. The van der Waals surface area contributed by atoms with E-state index in [9.17, 15) is 4.79 Å². The number of piperidine rings is 1. The molecule has 1 saturated heterocycles. The van der Waals surface area contributed by atoms with Gasteiger partial charge in [-0.25, -0.2) is 0 Å². The lowest BCUT2D eigenvalue weighted by atomic mass is 9.75. The summed E-state index contributed by atoms with van der Waals surface area (Å²) in [6, 6.07) is 10.3. The van der Waals surface area contributed by atoms with Gasteiger partial charge in [-0.15, -0.1) is 0 Å². The zero-order chi connectivity index (χ0) is 12.8. The Morgan fingerprint density at radius 1 is 1.28 bits per heavy atom. The Morgan fingerprint density at radius 3 is 2.72 bits per heavy atom. The first-order valence-electron chi connectivity index (χ1n) is 6.66. The van der Waals surface area contributed by atoms with Crippen LogP contribution in [0.3, 0.4) is 0 Å². The fourth-order valence-corrected chi connectivity index (χ4v) is 3.43. The summed E-state index contributed by atoms with van der Waals surface area (Å²) in [5, 5.41) is 0. The molecule has 1 fully saturated rings. The minimum atomic E-state index is -0.316. The summed E-state index contributed by atoms with van der Waals surface area (Å²) in [5.41, 5.74) is 2.12. The predicted molar refractivity (Wildman–Crippen MR) is 73.2 cm³/mol. The largest absolute Gasteiger partial charge is 0.294 e. The van der Waals surface area contributed by atoms with Gasteiger partial charge in [0.25, 0.3) is 0 Å². The zero-order valence-corrected chi connectivity index (χ0v) is 11.0. The van der Waals surface area contributed by atoms with Crippen LogP contribution in [0.2, 0.25) is 0 Å². The first-order valence-corrected chi connectivity index (χ1v) is 6.66. The zero-order valence-electron chi connectivity index (χ0n) is 11.0. The van der Waals surface area contributed by atoms with Crippen LogP contribution in [-0.4, -0.2) is 29.8 Å². The molecule has 0 saturated carbocycles. The van der Waals surface area contributed by atoms with E-state index in [2.05, 4.69) is 31.0 Å². The lowest BCUT2D eigenvalue weighted by Crippen LogP contribution is -2.55. The van der Waals surface area contributed by atoms with Crippen molar-refractivity contribution in [2.24, 2.45) is 5.92 Å². The Bertz CT molecular complexity index is 505. The number of likely N-dealkylation sites (tertiary alicyclic amines) is 1. The summed E-state index contributed by atoms with van der Waals surface area (Å²) < 4.78 is 0. The third-order valence-electron chi connectivity index (χ3n) is 4.73. The smallest absolute Gasteiger partial charge is 0.176 e. The van der Waals surface area contributed by atoms with E-state index in [0.717, 1.165) is 13.0 Å². The van der Waals surface area contributed by atoms with E-state index in [-0.39, 0.29) is 11.3 Å². The molecule has 2 nitrogen and oxygen atoms in total. The highest BCUT2D eigenvalue weighted by molar-refractivity contribution is 6.09. The van der Waals surface area contributed by atoms with Gasteiger partial charge in [0.2, 0.25) is 0 Å². The van der Waals surface area contributed by atoms with Crippen molar-refractivity contribution in [3.63, 3.8) is 0 Å². The first kappa shape index (κ1) is 11.7. The molecule has 0 spiro atoms. The summed E-state index contributed by atoms with van der Waals surface area (Å²) in [4.78, 5) is 14.6. The van der Waals surface area contributed by atoms with Crippen LogP contribution in [-0.2, 0) is 4.79 Å². The number of likely N-dealkylation sites (N-methyl/N-ethyl adjacent to an activating group) is 1. The SMILES string of the molecule is CN1CCC[C@@H]2C(c3ccccc3)=CC(=O)[C@@]21C. The van der Waals surface area contributed by atoms with Crippen molar-refractivity contribution in [3.8, 4) is 0 Å². The molecule has 1 aliphatic carbocycles. The van der Waals surface area contributed by atoms with E-state index in [4.69, 9.17) is 0 Å². The van der Waals surface area contributed by atoms with E-state index in [1.807, 2.05) is 24.3 Å². The number of carbonyl (C=O) groups is 1. The van der Waals surface area contributed by atoms with Crippen molar-refractivity contribution in [1.29, 1.82) is 0 Å². The Hall–Kier alpha value is -1.41. The highest BCUT2D eigenvalue weighted by Gasteiger charge is 2.51. The molecule has 2 aliphatic rings. The van der Waals surface area contributed by atoms with Crippen molar-refractivity contribution in [3.05, 3.63) is 42.0 Å². The van der Waals surface area contributed by atoms with Gasteiger partial charge >= 0.3 is 0 Å². The number of benzene rings is 1. The summed E-state index contributed by atoms with van der Waals surface area (Å²) in [6.07, 6.45) is 4.17. The monoisotopic (exact) mass is 241 g/mol. The van der Waals surface area contributed by atoms with Crippen molar-refractivity contribution >= 4 is 11.4 Å². The van der Waals surface area contributed by atoms with Crippen molar-refractivity contribution < 1.29 is 4.79 Å². The second kappa shape index (κ2) is 4.06. The maximum absolute atomic E-state index is 12.4. The van der Waals surface area contributed by atoms with Crippen LogP contribution in [0.5, 0.6) is 0 Å². The molecule has 1 aromatic carbocycles. The van der Waals surface area contributed by atoms with Crippen LogP contribution in [0.15, 0.2) is 36.4 Å². The number of carbonyl (C=O) groups excluding carboxylic acids is 1. The van der Waals surface area contributed by atoms with Gasteiger partial charge in [-0.2, -0.15) is 0 Å². The number of nitrogens with zero attached hydrogens (tertiary/aromatic N) is 1. The maximum atomic E-state index is 12.4. The molecule has 1 aromatic rings. The molecular weight excluding hydrogens is 222 g/mol. The lowest BCUT2D eigenvalue weighted by molar-refractivity contribution is -0.127. The van der Waals surface area contributed by atoms with Gasteiger partial charge in [-0.1, -0.05) is 30.3 Å². The third-order valence-corrected chi connectivity index (χ3v) is 4.73. The van der Waals surface area contributed by atoms with Crippen LogP contribution in [0.25, 0.3) is 5.57 Å². The van der Waals surface area contributed by atoms with Crippen LogP contribution >= 0.6 is 0 Å². The molecule has 2 atom stereocenters. The number of hydrogen-bond donors (Lipinski definition) is 0. The molecule has 0 N–H and O–H groups in total. The van der Waals surface area contributed by atoms with Crippen LogP contribution in [0.1, 0.15) is 25.3 Å². The minimum Gasteiger partial charge on any atom is -0.294 e. The summed E-state index contributed by atoms with van der Waals surface area (Å²) in [7, 11) is 2.08. The van der Waals surface area contributed by atoms with Crippen LogP contribution < -0.4 is 0 Å². The van der Waals surface area contributed by atoms with Crippen molar-refractivity contribution in [1.82, 2.24) is 4.90 Å². The highest BCUT2D eigenvalue weighted by Crippen LogP contribution is 2.46. The van der Waals surface area contributed by atoms with Crippen molar-refractivity contribution in [2.75, 3.05) is 13.6 Å². The van der Waals surface area contributed by atoms with Crippen molar-refractivity contribution in [2.45, 2.75) is 25.3 Å². The molecule has 0 aromatic heterocycles. The highest BCUT2D eigenvalue weighted by atomic mass is 16.1. The predicted octanol–water partition coefficient (Wildman–Crippen LogP) is 2.75. The molecule has 1 aliphatic heterocycles. The summed E-state index contributed by atoms with van der Waals surface area (Å²) >= 11 is 0. The Labute approximate surface area is 108 Å². The van der Waals surface area contributed by atoms with Gasteiger partial charge < -0.3 is 0 Å². The second-order valence-corrected chi connectivity index (χ2v) is 5.59. The topological polar surface area (TPSA) is 20.3 Å². The fraction of sp³-hybridized carbons (Fsp3) is 0.438. The average molecular weight is 241 g/mol. The van der Waals surface area contributed by atoms with E-state index in [1.165, 1.54) is 17.6 Å². The maximum Gasteiger partial charge on any atom is 0.176 e. The standard InChI is InChI=1S/C16H19NO/c1-16-14(9-6-10-17(16)2)13(11-15(16)18)12-7-4-3-5-8-12/h3-5,7-8,11,14H,6,9-10H2,1-2H3/t14-,16-/m1/s1. The van der Waals surface area contributed by atoms with Gasteiger partial charge in [-0.05, 0) is 50.6 Å². The van der Waals surface area contributed by atoms with Crippen LogP contribution in [0, 0.1) is 5.92 Å². The Balaban J connectivity index is 2.04. The normalized spacial score (nSPS) is 32.2. The van der Waals surface area contributed by atoms with E-state index < -0.39 is 0 Å². The number of rotatable bonds is 1. The average Bonchev–Trinajstić information content (AvgIpc) is 2.66. The molecule has 2 heteroatoms. The Morgan fingerprint density at radius 2 is 2.00 bits per heavy atom. The second-order valence-electron chi connectivity index (χ2n) is 5.59. The summed E-state index contributed by atoms with van der Waals surface area (Å²) in [5.74, 6) is 0.625. The third kappa shape index (κ3) is 1.49. The molecule has 18 heavy (non-hydrogen) atoms. The van der Waals surface area contributed by atoms with E-state index >= 15 is 0 Å². The fourth-order valence-electron chi connectivity index (χ4n) is 3.43. The first-order chi connectivity index (χ1) is 8.64. The quantitative estimate of drug-likeness (QED) is 0.753. The molecule has 0 unspecified atom stereocenters. The van der Waals surface area contributed by atoms with Gasteiger partial charge in [0, 0.05) is 5.92 Å². The molecule has 1 heterocycles. The Kier molecular flexibility index (Phi) is 2.63. The lowest BCUT2D eigenvalue weighted by Gasteiger charge is -2.44. The molecule has 94 valence electrons. The van der Waals surface area contributed by atoms with Crippen LogP contribution in [0.4, 0.5) is 0 Å². The molecule has 0 amide bonds. The van der Waals surface area contributed by atoms with E-state index in [0.29, 0.717) is 5.92 Å². The van der Waals surface area contributed by atoms with Gasteiger partial charge in [0.15, 0.2) is 5.78 Å². The molecule has 0 radical (unpaired) electrons. The van der Waals surface area contributed by atoms with E-state index in [1.54, 1.807) is 0 Å². The molecule has 3 rings (SSSR count). The van der Waals surface area contributed by atoms with Gasteiger partial charge in [-0.3, -0.25) is 9.69 Å².